The van der Waals surface area contributed by atoms with Crippen LogP contribution in [0.2, 0.25) is 0 Å². The lowest BCUT2D eigenvalue weighted by Crippen LogP contribution is -2.49. The molecule has 0 aromatic heterocycles. The summed E-state index contributed by atoms with van der Waals surface area (Å²) in [6.45, 7) is 1.58. The van der Waals surface area contributed by atoms with Crippen molar-refractivity contribution in [2.75, 3.05) is 13.2 Å². The fourth-order valence-electron chi connectivity index (χ4n) is 2.75. The number of hydrogen-bond donors (Lipinski definition) is 0. The highest BCUT2D eigenvalue weighted by Gasteiger charge is 2.49. The van der Waals surface area contributed by atoms with Gasteiger partial charge in [-0.25, -0.2) is 0 Å². The van der Waals surface area contributed by atoms with Crippen LogP contribution >= 0.6 is 0 Å². The van der Waals surface area contributed by atoms with Gasteiger partial charge in [-0.15, -0.1) is 0 Å². The van der Waals surface area contributed by atoms with E-state index in [1.807, 2.05) is 23.1 Å². The van der Waals surface area contributed by atoms with Gasteiger partial charge in [-0.2, -0.15) is 0 Å². The van der Waals surface area contributed by atoms with E-state index in [9.17, 15) is 4.79 Å². The molecule has 0 saturated carbocycles. The first-order chi connectivity index (χ1) is 7.83. The predicted molar refractivity (Wildman–Crippen MR) is 59.6 cm³/mol. The van der Waals surface area contributed by atoms with E-state index < -0.39 is 5.72 Å². The Labute approximate surface area is 95.0 Å². The van der Waals surface area contributed by atoms with Gasteiger partial charge in [0.2, 0.25) is 5.91 Å². The number of hydrogen-bond acceptors (Lipinski definition) is 2. The fourth-order valence-corrected chi connectivity index (χ4v) is 2.75. The molecular weight excluding hydrogens is 202 g/mol. The van der Waals surface area contributed by atoms with E-state index in [0.29, 0.717) is 6.42 Å². The standard InChI is InChI=1S/C13H15NO2/c15-12-7-8-13(11-5-2-1-3-6-11)14(12)9-4-10-16-13/h1-3,5-6H,4,7-10H2/t13-/m0/s1. The van der Waals surface area contributed by atoms with Crippen LogP contribution in [0.25, 0.3) is 0 Å². The maximum Gasteiger partial charge on any atom is 0.225 e. The number of benzene rings is 1. The van der Waals surface area contributed by atoms with Gasteiger partial charge in [0.25, 0.3) is 0 Å². The molecule has 2 aliphatic heterocycles. The van der Waals surface area contributed by atoms with Crippen LogP contribution in [0, 0.1) is 0 Å². The minimum absolute atomic E-state index is 0.226. The van der Waals surface area contributed by atoms with E-state index in [4.69, 9.17) is 4.74 Å². The summed E-state index contributed by atoms with van der Waals surface area (Å²) in [6, 6.07) is 10.1. The lowest BCUT2D eigenvalue weighted by atomic mass is 9.98. The number of ether oxygens (including phenoxy) is 1. The molecule has 1 aromatic rings. The number of nitrogens with zero attached hydrogens (tertiary/aromatic N) is 1. The molecule has 84 valence electrons. The third-order valence-corrected chi connectivity index (χ3v) is 3.51. The van der Waals surface area contributed by atoms with Gasteiger partial charge >= 0.3 is 0 Å². The Bertz CT molecular complexity index is 404. The smallest absolute Gasteiger partial charge is 0.225 e. The number of rotatable bonds is 1. The highest BCUT2D eigenvalue weighted by molar-refractivity contribution is 5.79. The molecule has 1 aromatic carbocycles. The van der Waals surface area contributed by atoms with Crippen molar-refractivity contribution < 1.29 is 9.53 Å². The van der Waals surface area contributed by atoms with E-state index in [2.05, 4.69) is 12.1 Å². The summed E-state index contributed by atoms with van der Waals surface area (Å²) in [5.41, 5.74) is 0.650. The minimum Gasteiger partial charge on any atom is -0.351 e. The van der Waals surface area contributed by atoms with E-state index in [1.54, 1.807) is 0 Å². The first kappa shape index (κ1) is 9.85. The molecule has 2 saturated heterocycles. The van der Waals surface area contributed by atoms with Crippen LogP contribution in [0.5, 0.6) is 0 Å². The normalized spacial score (nSPS) is 29.2. The topological polar surface area (TPSA) is 29.5 Å². The molecule has 2 aliphatic rings. The Kier molecular flexibility index (Phi) is 2.21. The van der Waals surface area contributed by atoms with Crippen LogP contribution in [0.1, 0.15) is 24.8 Å². The molecule has 0 aliphatic carbocycles. The first-order valence-electron chi connectivity index (χ1n) is 5.83. The number of amides is 1. The van der Waals surface area contributed by atoms with Crippen molar-refractivity contribution in [1.82, 2.24) is 4.90 Å². The molecular formula is C13H15NO2. The summed E-state index contributed by atoms with van der Waals surface area (Å²) in [5.74, 6) is 0.226. The van der Waals surface area contributed by atoms with Crippen LogP contribution < -0.4 is 0 Å². The largest absolute Gasteiger partial charge is 0.351 e. The summed E-state index contributed by atoms with van der Waals surface area (Å²) in [6.07, 6.45) is 2.34. The molecule has 0 bridgehead atoms. The van der Waals surface area contributed by atoms with Gasteiger partial charge in [0.1, 0.15) is 0 Å². The van der Waals surface area contributed by atoms with Crippen LogP contribution in [0.3, 0.4) is 0 Å². The van der Waals surface area contributed by atoms with Crippen molar-refractivity contribution in [2.45, 2.75) is 25.0 Å². The summed E-state index contributed by atoms with van der Waals surface area (Å²) >= 11 is 0. The second-order valence-corrected chi connectivity index (χ2v) is 4.40. The molecule has 0 radical (unpaired) electrons. The van der Waals surface area contributed by atoms with Gasteiger partial charge in [0, 0.05) is 24.9 Å². The fraction of sp³-hybridized carbons (Fsp3) is 0.462. The Hall–Kier alpha value is -1.35. The minimum atomic E-state index is -0.462. The highest BCUT2D eigenvalue weighted by atomic mass is 16.5. The van der Waals surface area contributed by atoms with Gasteiger partial charge in [-0.05, 0) is 6.42 Å². The molecule has 0 unspecified atom stereocenters. The summed E-state index contributed by atoms with van der Waals surface area (Å²) < 4.78 is 5.95. The van der Waals surface area contributed by atoms with Gasteiger partial charge in [0.15, 0.2) is 5.72 Å². The van der Waals surface area contributed by atoms with Crippen LogP contribution in [0.15, 0.2) is 30.3 Å². The zero-order valence-electron chi connectivity index (χ0n) is 9.19. The second-order valence-electron chi connectivity index (χ2n) is 4.40. The zero-order chi connectivity index (χ0) is 11.0. The van der Waals surface area contributed by atoms with Crippen LogP contribution in [-0.2, 0) is 15.3 Å². The monoisotopic (exact) mass is 217 g/mol. The van der Waals surface area contributed by atoms with Crippen LogP contribution in [-0.4, -0.2) is 24.0 Å². The predicted octanol–water partition coefficient (Wildman–Crippen LogP) is 1.88. The maximum absolute atomic E-state index is 11.8. The molecule has 1 atom stereocenters. The van der Waals surface area contributed by atoms with Crippen molar-refractivity contribution in [3.63, 3.8) is 0 Å². The van der Waals surface area contributed by atoms with E-state index in [0.717, 1.165) is 31.6 Å². The highest BCUT2D eigenvalue weighted by Crippen LogP contribution is 2.42. The quantitative estimate of drug-likeness (QED) is 0.718. The molecule has 1 amide bonds. The summed E-state index contributed by atoms with van der Waals surface area (Å²) in [4.78, 5) is 13.7. The Balaban J connectivity index is 2.04. The molecule has 0 N–H and O–H groups in total. The molecule has 3 heteroatoms. The Morgan fingerprint density at radius 2 is 2.06 bits per heavy atom. The first-order valence-corrected chi connectivity index (χ1v) is 5.83. The van der Waals surface area contributed by atoms with Crippen molar-refractivity contribution in [1.29, 1.82) is 0 Å². The number of fused-ring (bicyclic) bond motifs is 1. The summed E-state index contributed by atoms with van der Waals surface area (Å²) in [5, 5.41) is 0. The van der Waals surface area contributed by atoms with E-state index >= 15 is 0 Å². The van der Waals surface area contributed by atoms with Gasteiger partial charge in [0.05, 0.1) is 6.61 Å². The SMILES string of the molecule is O=C1CC[C@@]2(c3ccccc3)OCCCN12. The molecule has 3 nitrogen and oxygen atoms in total. The zero-order valence-corrected chi connectivity index (χ0v) is 9.19. The lowest BCUT2D eigenvalue weighted by molar-refractivity contribution is -0.183. The Morgan fingerprint density at radius 1 is 1.25 bits per heavy atom. The van der Waals surface area contributed by atoms with Gasteiger partial charge in [-0.1, -0.05) is 30.3 Å². The Morgan fingerprint density at radius 3 is 2.88 bits per heavy atom. The molecule has 3 rings (SSSR count). The van der Waals surface area contributed by atoms with Crippen molar-refractivity contribution in [2.24, 2.45) is 0 Å². The van der Waals surface area contributed by atoms with Gasteiger partial charge in [-0.3, -0.25) is 4.79 Å². The lowest BCUT2D eigenvalue weighted by Gasteiger charge is -2.42. The van der Waals surface area contributed by atoms with Gasteiger partial charge < -0.3 is 9.64 Å². The third-order valence-electron chi connectivity index (χ3n) is 3.51. The molecule has 0 spiro atoms. The number of carbonyl (C=O) groups is 1. The third kappa shape index (κ3) is 1.28. The summed E-state index contributed by atoms with van der Waals surface area (Å²) in [7, 11) is 0. The second kappa shape index (κ2) is 3.59. The van der Waals surface area contributed by atoms with Crippen molar-refractivity contribution in [3.05, 3.63) is 35.9 Å². The van der Waals surface area contributed by atoms with Crippen LogP contribution in [0.4, 0.5) is 0 Å². The maximum atomic E-state index is 11.8. The van der Waals surface area contributed by atoms with Crippen molar-refractivity contribution in [3.8, 4) is 0 Å². The average Bonchev–Trinajstić information content (AvgIpc) is 2.70. The number of carbonyl (C=O) groups excluding carboxylic acids is 1. The van der Waals surface area contributed by atoms with E-state index in [1.165, 1.54) is 0 Å². The molecule has 2 heterocycles. The van der Waals surface area contributed by atoms with E-state index in [-0.39, 0.29) is 5.91 Å². The average molecular weight is 217 g/mol. The molecule has 16 heavy (non-hydrogen) atoms. The van der Waals surface area contributed by atoms with Crippen molar-refractivity contribution >= 4 is 5.91 Å². The molecule has 2 fully saturated rings.